The average Bonchev–Trinajstić information content (AvgIpc) is 3.29. The zero-order chi connectivity index (χ0) is 21.4. The second-order valence-electron chi connectivity index (χ2n) is 7.35. The highest BCUT2D eigenvalue weighted by Gasteiger charge is 2.18. The predicted molar refractivity (Wildman–Crippen MR) is 114 cm³/mol. The molecule has 1 amide bonds. The molecule has 0 spiro atoms. The van der Waals surface area contributed by atoms with Crippen LogP contribution in [0.25, 0.3) is 27.8 Å². The number of piperazine rings is 1. The predicted octanol–water partition coefficient (Wildman–Crippen LogP) is 1.96. The lowest BCUT2D eigenvalue weighted by atomic mass is 10.1. The Bertz CT molecular complexity index is 1320. The molecule has 1 fully saturated rings. The number of carbonyl (C=O) groups is 1. The molecule has 9 heteroatoms. The number of nitrogens with zero attached hydrogens (tertiary/aromatic N) is 4. The third kappa shape index (κ3) is 3.59. The van der Waals surface area contributed by atoms with Crippen molar-refractivity contribution in [2.45, 2.75) is 0 Å². The fourth-order valence-electron chi connectivity index (χ4n) is 3.70. The van der Waals surface area contributed by atoms with Gasteiger partial charge in [0.15, 0.2) is 0 Å². The molecule has 2 aromatic heterocycles. The first-order valence-corrected chi connectivity index (χ1v) is 9.95. The van der Waals surface area contributed by atoms with Crippen LogP contribution >= 0.6 is 0 Å². The van der Waals surface area contributed by atoms with Gasteiger partial charge in [0.2, 0.25) is 0 Å². The molecular formula is C22H19FN6O2. The van der Waals surface area contributed by atoms with Crippen LogP contribution in [0.5, 0.6) is 0 Å². The van der Waals surface area contributed by atoms with Gasteiger partial charge in [0, 0.05) is 37.1 Å². The van der Waals surface area contributed by atoms with Crippen LogP contribution in [0.15, 0.2) is 59.5 Å². The van der Waals surface area contributed by atoms with Gasteiger partial charge in [-0.2, -0.15) is 0 Å². The second-order valence-corrected chi connectivity index (χ2v) is 7.35. The number of benzene rings is 2. The highest BCUT2D eigenvalue weighted by Crippen LogP contribution is 2.21. The smallest absolute Gasteiger partial charge is 0.258 e. The van der Waals surface area contributed by atoms with E-state index in [0.29, 0.717) is 40.9 Å². The number of hydrogen-bond donors (Lipinski definition) is 2. The molecule has 5 rings (SSSR count). The largest absolute Gasteiger partial charge is 0.336 e. The van der Waals surface area contributed by atoms with Crippen molar-refractivity contribution in [1.29, 1.82) is 0 Å². The van der Waals surface area contributed by atoms with Gasteiger partial charge in [-0.15, -0.1) is 5.10 Å². The standard InChI is InChI=1S/C22H19FN6O2/c23-18-2-1-3-19-16(18)12-17(21(30)25-19)20-13-29(27-26-20)15-6-4-14(5-7-15)22(31)28-10-8-24-9-11-28/h1-7,12-13,24H,8-11H2,(H,25,30). The summed E-state index contributed by atoms with van der Waals surface area (Å²) in [7, 11) is 0. The maximum Gasteiger partial charge on any atom is 0.258 e. The van der Waals surface area contributed by atoms with Crippen LogP contribution < -0.4 is 10.9 Å². The summed E-state index contributed by atoms with van der Waals surface area (Å²) >= 11 is 0. The number of halogens is 1. The van der Waals surface area contributed by atoms with Crippen molar-refractivity contribution in [2.75, 3.05) is 26.2 Å². The van der Waals surface area contributed by atoms with E-state index in [1.54, 1.807) is 42.6 Å². The van der Waals surface area contributed by atoms with E-state index in [0.717, 1.165) is 13.1 Å². The van der Waals surface area contributed by atoms with Gasteiger partial charge in [-0.1, -0.05) is 11.3 Å². The molecule has 0 atom stereocenters. The van der Waals surface area contributed by atoms with Crippen LogP contribution in [0, 0.1) is 5.82 Å². The minimum atomic E-state index is -0.424. The summed E-state index contributed by atoms with van der Waals surface area (Å²) in [4.78, 5) is 29.6. The molecule has 31 heavy (non-hydrogen) atoms. The Morgan fingerprint density at radius 2 is 1.84 bits per heavy atom. The first-order valence-electron chi connectivity index (χ1n) is 9.95. The van der Waals surface area contributed by atoms with Gasteiger partial charge in [-0.25, -0.2) is 9.07 Å². The Kier molecular flexibility index (Phi) is 4.79. The monoisotopic (exact) mass is 418 g/mol. The minimum Gasteiger partial charge on any atom is -0.336 e. The van der Waals surface area contributed by atoms with E-state index in [1.807, 2.05) is 4.90 Å². The zero-order valence-corrected chi connectivity index (χ0v) is 16.5. The maximum absolute atomic E-state index is 14.1. The molecular weight excluding hydrogens is 399 g/mol. The van der Waals surface area contributed by atoms with Gasteiger partial charge in [-0.3, -0.25) is 9.59 Å². The Balaban J connectivity index is 1.43. The maximum atomic E-state index is 14.1. The number of rotatable bonds is 3. The molecule has 0 saturated carbocycles. The van der Waals surface area contributed by atoms with E-state index < -0.39 is 5.82 Å². The Morgan fingerprint density at radius 1 is 1.06 bits per heavy atom. The number of amides is 1. The zero-order valence-electron chi connectivity index (χ0n) is 16.5. The number of carbonyl (C=O) groups excluding carboxylic acids is 1. The third-order valence-electron chi connectivity index (χ3n) is 5.39. The van der Waals surface area contributed by atoms with Crippen LogP contribution in [0.4, 0.5) is 4.39 Å². The summed E-state index contributed by atoms with van der Waals surface area (Å²) in [5.41, 5.74) is 1.90. The van der Waals surface area contributed by atoms with Gasteiger partial charge in [-0.05, 0) is 42.5 Å². The number of fused-ring (bicyclic) bond motifs is 1. The normalized spacial score (nSPS) is 14.2. The van der Waals surface area contributed by atoms with E-state index in [9.17, 15) is 14.0 Å². The fraction of sp³-hybridized carbons (Fsp3) is 0.182. The van der Waals surface area contributed by atoms with E-state index >= 15 is 0 Å². The summed E-state index contributed by atoms with van der Waals surface area (Å²) in [6.45, 7) is 2.97. The number of hydrogen-bond acceptors (Lipinski definition) is 5. The highest BCUT2D eigenvalue weighted by molar-refractivity contribution is 5.94. The molecule has 1 aliphatic rings. The first-order chi connectivity index (χ1) is 15.1. The van der Waals surface area contributed by atoms with E-state index in [1.165, 1.54) is 16.8 Å². The van der Waals surface area contributed by atoms with Gasteiger partial charge >= 0.3 is 0 Å². The van der Waals surface area contributed by atoms with Crippen molar-refractivity contribution < 1.29 is 9.18 Å². The molecule has 4 aromatic rings. The lowest BCUT2D eigenvalue weighted by Crippen LogP contribution is -2.46. The van der Waals surface area contributed by atoms with Gasteiger partial charge in [0.05, 0.1) is 23.0 Å². The molecule has 3 heterocycles. The number of nitrogens with one attached hydrogen (secondary N) is 2. The summed E-state index contributed by atoms with van der Waals surface area (Å²) in [6, 6.07) is 13.1. The molecule has 0 radical (unpaired) electrons. The number of aromatic amines is 1. The average molecular weight is 418 g/mol. The Labute approximate surface area is 176 Å². The quantitative estimate of drug-likeness (QED) is 0.530. The van der Waals surface area contributed by atoms with Crippen molar-refractivity contribution >= 4 is 16.8 Å². The lowest BCUT2D eigenvalue weighted by molar-refractivity contribution is 0.0736. The fourth-order valence-corrected chi connectivity index (χ4v) is 3.70. The van der Waals surface area contributed by atoms with E-state index in [4.69, 9.17) is 0 Å². The van der Waals surface area contributed by atoms with Crippen molar-refractivity contribution in [3.63, 3.8) is 0 Å². The molecule has 8 nitrogen and oxygen atoms in total. The van der Waals surface area contributed by atoms with Gasteiger partial charge < -0.3 is 15.2 Å². The van der Waals surface area contributed by atoms with Crippen molar-refractivity contribution in [1.82, 2.24) is 30.2 Å². The Hall–Kier alpha value is -3.85. The number of aromatic nitrogens is 4. The molecule has 2 N–H and O–H groups in total. The van der Waals surface area contributed by atoms with Gasteiger partial charge in [0.25, 0.3) is 11.5 Å². The first kappa shape index (κ1) is 19.1. The molecule has 156 valence electrons. The number of pyridine rings is 1. The molecule has 0 unspecified atom stereocenters. The molecule has 1 aliphatic heterocycles. The van der Waals surface area contributed by atoms with Crippen LogP contribution in [-0.2, 0) is 0 Å². The topological polar surface area (TPSA) is 95.9 Å². The summed E-state index contributed by atoms with van der Waals surface area (Å²) in [6.07, 6.45) is 1.60. The van der Waals surface area contributed by atoms with Gasteiger partial charge in [0.1, 0.15) is 11.5 Å². The molecule has 0 bridgehead atoms. The van der Waals surface area contributed by atoms with Crippen LogP contribution in [-0.4, -0.2) is 57.0 Å². The molecule has 0 aliphatic carbocycles. The van der Waals surface area contributed by atoms with Crippen LogP contribution in [0.2, 0.25) is 0 Å². The van der Waals surface area contributed by atoms with Crippen molar-refractivity contribution in [2.24, 2.45) is 0 Å². The van der Waals surface area contributed by atoms with Crippen LogP contribution in [0.3, 0.4) is 0 Å². The van der Waals surface area contributed by atoms with Crippen molar-refractivity contribution in [3.8, 4) is 16.9 Å². The molecule has 2 aromatic carbocycles. The third-order valence-corrected chi connectivity index (χ3v) is 5.39. The van der Waals surface area contributed by atoms with Crippen LogP contribution in [0.1, 0.15) is 10.4 Å². The summed E-state index contributed by atoms with van der Waals surface area (Å²) in [5.74, 6) is -0.427. The summed E-state index contributed by atoms with van der Waals surface area (Å²) in [5, 5.41) is 11.7. The highest BCUT2D eigenvalue weighted by atomic mass is 19.1. The van der Waals surface area contributed by atoms with E-state index in [2.05, 4.69) is 20.6 Å². The second kappa shape index (κ2) is 7.77. The number of H-pyrrole nitrogens is 1. The van der Waals surface area contributed by atoms with Crippen molar-refractivity contribution in [3.05, 3.63) is 76.5 Å². The molecule has 1 saturated heterocycles. The Morgan fingerprint density at radius 3 is 2.61 bits per heavy atom. The minimum absolute atomic E-state index is 0.00273. The lowest BCUT2D eigenvalue weighted by Gasteiger charge is -2.27. The van der Waals surface area contributed by atoms with E-state index in [-0.39, 0.29) is 17.0 Å². The SMILES string of the molecule is O=C(c1ccc(-n2cc(-c3cc4c(F)cccc4[nH]c3=O)nn2)cc1)N1CCNCC1. The summed E-state index contributed by atoms with van der Waals surface area (Å²) < 4.78 is 15.6.